The first-order valence-electron chi connectivity index (χ1n) is 5.37. The van der Waals surface area contributed by atoms with Crippen LogP contribution in [0.15, 0.2) is 18.2 Å². The van der Waals surface area contributed by atoms with Crippen molar-refractivity contribution in [3.8, 4) is 5.75 Å². The summed E-state index contributed by atoms with van der Waals surface area (Å²) >= 11 is 0. The zero-order valence-electron chi connectivity index (χ0n) is 9.91. The topological polar surface area (TPSA) is 113 Å². The molecule has 0 bridgehead atoms. The Balaban J connectivity index is 2.42. The quantitative estimate of drug-likeness (QED) is 0.460. The van der Waals surface area contributed by atoms with Gasteiger partial charge in [0.2, 0.25) is 15.8 Å². The molecule has 0 aliphatic carbocycles. The predicted molar refractivity (Wildman–Crippen MR) is 65.8 cm³/mol. The molecule has 2 N–H and O–H groups in total. The van der Waals surface area contributed by atoms with Crippen molar-refractivity contribution >= 4 is 15.7 Å². The maximum absolute atomic E-state index is 13.2. The van der Waals surface area contributed by atoms with Gasteiger partial charge in [0.05, 0.1) is 17.3 Å². The lowest BCUT2D eigenvalue weighted by Crippen LogP contribution is -2.16. The van der Waals surface area contributed by atoms with Crippen LogP contribution in [-0.4, -0.2) is 25.7 Å². The maximum Gasteiger partial charge on any atom is 0.305 e. The van der Waals surface area contributed by atoms with Gasteiger partial charge < -0.3 is 4.74 Å². The first-order chi connectivity index (χ1) is 8.79. The Hall–Kier alpha value is -1.74. The van der Waals surface area contributed by atoms with E-state index >= 15 is 0 Å². The van der Waals surface area contributed by atoms with Crippen molar-refractivity contribution in [2.45, 2.75) is 12.8 Å². The van der Waals surface area contributed by atoms with E-state index in [0.29, 0.717) is 12.8 Å². The van der Waals surface area contributed by atoms with Gasteiger partial charge in [-0.05, 0) is 18.9 Å². The fourth-order valence-electron chi connectivity index (χ4n) is 1.32. The number of benzene rings is 1. The Bertz CT molecular complexity index is 561. The Morgan fingerprint density at radius 2 is 2.05 bits per heavy atom. The molecule has 19 heavy (non-hydrogen) atoms. The molecule has 0 heterocycles. The average Bonchev–Trinajstić information content (AvgIpc) is 2.26. The molecule has 0 unspecified atom stereocenters. The summed E-state index contributed by atoms with van der Waals surface area (Å²) < 4.78 is 39.6. The SMILES string of the molecule is NS(=O)(=O)CCCCOc1ccc([N+](=O)[O-])c(F)c1. The Morgan fingerprint density at radius 3 is 2.58 bits per heavy atom. The van der Waals surface area contributed by atoms with E-state index < -0.39 is 26.5 Å². The molecule has 0 fully saturated rings. The molecule has 0 amide bonds. The smallest absolute Gasteiger partial charge is 0.305 e. The molecule has 0 aliphatic heterocycles. The largest absolute Gasteiger partial charge is 0.493 e. The van der Waals surface area contributed by atoms with Crippen LogP contribution >= 0.6 is 0 Å². The summed E-state index contributed by atoms with van der Waals surface area (Å²) in [6, 6.07) is 3.20. The van der Waals surface area contributed by atoms with Gasteiger partial charge in [0.1, 0.15) is 5.75 Å². The van der Waals surface area contributed by atoms with Crippen molar-refractivity contribution in [1.29, 1.82) is 0 Å². The van der Waals surface area contributed by atoms with Gasteiger partial charge in [0.15, 0.2) is 0 Å². The van der Waals surface area contributed by atoms with Crippen molar-refractivity contribution in [2.24, 2.45) is 5.14 Å². The second-order valence-corrected chi connectivity index (χ2v) is 5.53. The highest BCUT2D eigenvalue weighted by molar-refractivity contribution is 7.89. The van der Waals surface area contributed by atoms with Gasteiger partial charge in [0.25, 0.3) is 0 Å². The first kappa shape index (κ1) is 15.3. The van der Waals surface area contributed by atoms with Gasteiger partial charge in [0, 0.05) is 12.1 Å². The van der Waals surface area contributed by atoms with Crippen molar-refractivity contribution in [3.63, 3.8) is 0 Å². The number of hydrogen-bond donors (Lipinski definition) is 1. The van der Waals surface area contributed by atoms with E-state index in [0.717, 1.165) is 12.1 Å². The molecule has 0 saturated carbocycles. The minimum atomic E-state index is -3.48. The maximum atomic E-state index is 13.2. The second-order valence-electron chi connectivity index (χ2n) is 3.79. The number of rotatable bonds is 7. The molecule has 1 aromatic rings. The normalized spacial score (nSPS) is 11.3. The highest BCUT2D eigenvalue weighted by atomic mass is 32.2. The molecule has 1 aromatic carbocycles. The molecule has 7 nitrogen and oxygen atoms in total. The lowest BCUT2D eigenvalue weighted by Gasteiger charge is -2.05. The summed E-state index contributed by atoms with van der Waals surface area (Å²) in [5.41, 5.74) is -0.624. The van der Waals surface area contributed by atoms with Crippen LogP contribution in [0.5, 0.6) is 5.75 Å². The highest BCUT2D eigenvalue weighted by Crippen LogP contribution is 2.22. The van der Waals surface area contributed by atoms with E-state index in [1.54, 1.807) is 0 Å². The number of ether oxygens (including phenoxy) is 1. The standard InChI is InChI=1S/C10H13FN2O5S/c11-9-7-8(3-4-10(9)13(14)15)18-5-1-2-6-19(12,16)17/h3-4,7H,1-2,5-6H2,(H2,12,16,17). The summed E-state index contributed by atoms with van der Waals surface area (Å²) in [5, 5.41) is 15.2. The monoisotopic (exact) mass is 292 g/mol. The van der Waals surface area contributed by atoms with Gasteiger partial charge in [-0.2, -0.15) is 4.39 Å². The molecule has 1 rings (SSSR count). The molecule has 0 saturated heterocycles. The lowest BCUT2D eigenvalue weighted by atomic mass is 10.3. The molecule has 0 aromatic heterocycles. The van der Waals surface area contributed by atoms with E-state index in [-0.39, 0.29) is 18.1 Å². The zero-order chi connectivity index (χ0) is 14.5. The number of nitro groups is 1. The number of hydrogen-bond acceptors (Lipinski definition) is 5. The van der Waals surface area contributed by atoms with E-state index in [1.807, 2.05) is 0 Å². The minimum absolute atomic E-state index is 0.148. The van der Waals surface area contributed by atoms with Crippen LogP contribution in [0.4, 0.5) is 10.1 Å². The van der Waals surface area contributed by atoms with Gasteiger partial charge >= 0.3 is 5.69 Å². The van der Waals surface area contributed by atoms with Crippen LogP contribution in [0.1, 0.15) is 12.8 Å². The Labute approximate surface area is 109 Å². The molecule has 9 heteroatoms. The van der Waals surface area contributed by atoms with Crippen LogP contribution in [0, 0.1) is 15.9 Å². The predicted octanol–water partition coefficient (Wildman–Crippen LogP) is 1.18. The van der Waals surface area contributed by atoms with E-state index in [9.17, 15) is 22.9 Å². The molecular weight excluding hydrogens is 279 g/mol. The summed E-state index contributed by atoms with van der Waals surface area (Å²) in [6.45, 7) is 0.173. The van der Waals surface area contributed by atoms with E-state index in [4.69, 9.17) is 9.88 Å². The Kier molecular flexibility index (Phi) is 5.19. The molecular formula is C10H13FN2O5S. The van der Waals surface area contributed by atoms with Gasteiger partial charge in [-0.15, -0.1) is 0 Å². The third-order valence-electron chi connectivity index (χ3n) is 2.21. The highest BCUT2D eigenvalue weighted by Gasteiger charge is 2.14. The van der Waals surface area contributed by atoms with E-state index in [2.05, 4.69) is 0 Å². The van der Waals surface area contributed by atoms with Gasteiger partial charge in [-0.1, -0.05) is 0 Å². The van der Waals surface area contributed by atoms with Crippen LogP contribution in [0.3, 0.4) is 0 Å². The summed E-state index contributed by atoms with van der Waals surface area (Å²) in [7, 11) is -3.48. The molecule has 0 radical (unpaired) electrons. The number of primary sulfonamides is 1. The van der Waals surface area contributed by atoms with E-state index in [1.165, 1.54) is 6.07 Å². The number of unbranched alkanes of at least 4 members (excludes halogenated alkanes) is 1. The summed E-state index contributed by atoms with van der Waals surface area (Å²) in [5.74, 6) is -0.976. The van der Waals surface area contributed by atoms with Gasteiger partial charge in [-0.25, -0.2) is 13.6 Å². The lowest BCUT2D eigenvalue weighted by molar-refractivity contribution is -0.387. The van der Waals surface area contributed by atoms with Gasteiger partial charge in [-0.3, -0.25) is 10.1 Å². The zero-order valence-corrected chi connectivity index (χ0v) is 10.7. The summed E-state index contributed by atoms with van der Waals surface area (Å²) in [4.78, 5) is 9.55. The number of nitrogens with two attached hydrogens (primary N) is 1. The third-order valence-corrected chi connectivity index (χ3v) is 3.07. The third kappa shape index (κ3) is 5.62. The number of halogens is 1. The summed E-state index contributed by atoms with van der Waals surface area (Å²) in [6.07, 6.45) is 0.753. The number of nitro benzene ring substituents is 1. The van der Waals surface area contributed by atoms with Crippen molar-refractivity contribution in [3.05, 3.63) is 34.1 Å². The molecule has 0 aliphatic rings. The number of sulfonamides is 1. The minimum Gasteiger partial charge on any atom is -0.493 e. The molecule has 0 atom stereocenters. The fraction of sp³-hybridized carbons (Fsp3) is 0.400. The van der Waals surface area contributed by atoms with Crippen molar-refractivity contribution in [2.75, 3.05) is 12.4 Å². The first-order valence-corrected chi connectivity index (χ1v) is 7.08. The molecule has 106 valence electrons. The molecule has 0 spiro atoms. The fourth-order valence-corrected chi connectivity index (χ4v) is 1.93. The van der Waals surface area contributed by atoms with Crippen LogP contribution in [-0.2, 0) is 10.0 Å². The average molecular weight is 292 g/mol. The second kappa shape index (κ2) is 6.43. The van der Waals surface area contributed by atoms with Crippen molar-refractivity contribution < 1.29 is 22.5 Å². The van der Waals surface area contributed by atoms with Crippen molar-refractivity contribution in [1.82, 2.24) is 0 Å². The van der Waals surface area contributed by atoms with Crippen LogP contribution in [0.25, 0.3) is 0 Å². The Morgan fingerprint density at radius 1 is 1.37 bits per heavy atom. The number of nitrogens with zero attached hydrogens (tertiary/aromatic N) is 1. The van der Waals surface area contributed by atoms with Crippen LogP contribution < -0.4 is 9.88 Å². The van der Waals surface area contributed by atoms with Crippen LogP contribution in [0.2, 0.25) is 0 Å².